The normalized spacial score (nSPS) is 13.8. The van der Waals surface area contributed by atoms with Crippen LogP contribution >= 0.6 is 0 Å². The van der Waals surface area contributed by atoms with Crippen molar-refractivity contribution in [1.82, 2.24) is 10.6 Å². The summed E-state index contributed by atoms with van der Waals surface area (Å²) < 4.78 is 0. The van der Waals surface area contributed by atoms with E-state index in [0.29, 0.717) is 25.9 Å². The molecule has 2 amide bonds. The molecule has 0 aliphatic rings. The van der Waals surface area contributed by atoms with Gasteiger partial charge in [-0.2, -0.15) is 0 Å². The summed E-state index contributed by atoms with van der Waals surface area (Å²) in [6.45, 7) is 6.53. The van der Waals surface area contributed by atoms with Crippen molar-refractivity contribution in [2.45, 2.75) is 52.7 Å². The van der Waals surface area contributed by atoms with Crippen LogP contribution in [-0.2, 0) is 9.59 Å². The molecule has 0 aromatic heterocycles. The molecule has 0 heterocycles. The number of hydrogen-bond donors (Lipinski definition) is 8. The van der Waals surface area contributed by atoms with E-state index in [1.807, 2.05) is 0 Å². The van der Waals surface area contributed by atoms with Crippen LogP contribution < -0.4 is 10.6 Å². The van der Waals surface area contributed by atoms with E-state index in [2.05, 4.69) is 10.6 Å². The molecule has 0 bridgehead atoms. The standard InChI is InChI=1S/2C9H19NO4/c2*1-9(2,6-12)7(13)8(14)10-4-3-5-11/h2*7,11-13H,3-6H2,1-2H3,(H,10,14)/t7-;/m0./s1. The summed E-state index contributed by atoms with van der Waals surface area (Å²) in [5, 5.41) is 58.7. The van der Waals surface area contributed by atoms with E-state index in [9.17, 15) is 19.8 Å². The molecule has 0 saturated heterocycles. The fraction of sp³-hybridized carbons (Fsp3) is 0.889. The number of hydrogen-bond acceptors (Lipinski definition) is 8. The predicted molar refractivity (Wildman–Crippen MR) is 103 cm³/mol. The summed E-state index contributed by atoms with van der Waals surface area (Å²) in [6.07, 6.45) is -1.55. The van der Waals surface area contributed by atoms with E-state index in [0.717, 1.165) is 0 Å². The van der Waals surface area contributed by atoms with E-state index in [-0.39, 0.29) is 26.4 Å². The van der Waals surface area contributed by atoms with Crippen LogP contribution in [0, 0.1) is 10.8 Å². The van der Waals surface area contributed by atoms with Crippen molar-refractivity contribution >= 4 is 11.8 Å². The van der Waals surface area contributed by atoms with Gasteiger partial charge in [-0.25, -0.2) is 0 Å². The highest BCUT2D eigenvalue weighted by atomic mass is 16.3. The zero-order valence-electron chi connectivity index (χ0n) is 17.3. The molecule has 10 heteroatoms. The van der Waals surface area contributed by atoms with Gasteiger partial charge in [-0.3, -0.25) is 9.59 Å². The second kappa shape index (κ2) is 14.7. The smallest absolute Gasteiger partial charge is 0.249 e. The topological polar surface area (TPSA) is 180 Å². The third kappa shape index (κ3) is 11.5. The van der Waals surface area contributed by atoms with Crippen molar-refractivity contribution < 1.29 is 40.2 Å². The molecule has 0 aliphatic carbocycles. The van der Waals surface area contributed by atoms with Gasteiger partial charge in [-0.1, -0.05) is 27.7 Å². The largest absolute Gasteiger partial charge is 0.396 e. The number of nitrogens with one attached hydrogen (secondary N) is 2. The lowest BCUT2D eigenvalue weighted by Gasteiger charge is -2.27. The lowest BCUT2D eigenvalue weighted by molar-refractivity contribution is -0.137. The van der Waals surface area contributed by atoms with Crippen molar-refractivity contribution in [2.24, 2.45) is 10.8 Å². The maximum Gasteiger partial charge on any atom is 0.249 e. The molecule has 0 fully saturated rings. The van der Waals surface area contributed by atoms with Gasteiger partial charge < -0.3 is 41.3 Å². The molecule has 0 saturated carbocycles. The van der Waals surface area contributed by atoms with Crippen LogP contribution in [0.1, 0.15) is 40.5 Å². The average molecular weight is 411 g/mol. The molecule has 28 heavy (non-hydrogen) atoms. The zero-order chi connectivity index (χ0) is 22.4. The number of rotatable bonds is 12. The van der Waals surface area contributed by atoms with Crippen LogP contribution in [0.3, 0.4) is 0 Å². The Morgan fingerprint density at radius 3 is 1.21 bits per heavy atom. The first-order chi connectivity index (χ1) is 12.9. The second-order valence-corrected chi connectivity index (χ2v) is 7.83. The summed E-state index contributed by atoms with van der Waals surface area (Å²) in [5.74, 6) is -1.03. The minimum atomic E-state index is -1.23. The second-order valence-electron chi connectivity index (χ2n) is 7.83. The predicted octanol–water partition coefficient (Wildman–Crippen LogP) is -2.27. The SMILES string of the molecule is CC(C)(CO)C(O)C(=O)NCCCO.CC(C)(CO)[C@@H](O)C(=O)NCCCO. The summed E-state index contributed by atoms with van der Waals surface area (Å²) in [5.41, 5.74) is -1.69. The van der Waals surface area contributed by atoms with Gasteiger partial charge >= 0.3 is 0 Å². The molecule has 0 radical (unpaired) electrons. The van der Waals surface area contributed by atoms with Gasteiger partial charge in [0.25, 0.3) is 0 Å². The van der Waals surface area contributed by atoms with Crippen LogP contribution in [0.5, 0.6) is 0 Å². The Balaban J connectivity index is 0. The monoisotopic (exact) mass is 410 g/mol. The molecule has 0 aliphatic heterocycles. The van der Waals surface area contributed by atoms with Crippen molar-refractivity contribution in [1.29, 1.82) is 0 Å². The minimum Gasteiger partial charge on any atom is -0.396 e. The summed E-state index contributed by atoms with van der Waals surface area (Å²) >= 11 is 0. The lowest BCUT2D eigenvalue weighted by Crippen LogP contribution is -2.45. The van der Waals surface area contributed by atoms with Gasteiger partial charge in [-0.05, 0) is 12.8 Å². The summed E-state index contributed by atoms with van der Waals surface area (Å²) in [7, 11) is 0. The maximum absolute atomic E-state index is 11.3. The fourth-order valence-corrected chi connectivity index (χ4v) is 1.66. The van der Waals surface area contributed by atoms with E-state index < -0.39 is 34.9 Å². The quantitative estimate of drug-likeness (QED) is 0.166. The van der Waals surface area contributed by atoms with Gasteiger partial charge in [0.2, 0.25) is 11.8 Å². The number of aliphatic hydroxyl groups is 6. The third-order valence-electron chi connectivity index (χ3n) is 4.06. The molecule has 10 nitrogen and oxygen atoms in total. The van der Waals surface area contributed by atoms with Crippen molar-refractivity contribution in [2.75, 3.05) is 39.5 Å². The first-order valence-electron chi connectivity index (χ1n) is 9.26. The van der Waals surface area contributed by atoms with Gasteiger partial charge in [-0.15, -0.1) is 0 Å². The molecule has 8 N–H and O–H groups in total. The van der Waals surface area contributed by atoms with E-state index in [1.165, 1.54) is 0 Å². The van der Waals surface area contributed by atoms with Crippen LogP contribution in [0.2, 0.25) is 0 Å². The maximum atomic E-state index is 11.3. The highest BCUT2D eigenvalue weighted by Gasteiger charge is 2.33. The third-order valence-corrected chi connectivity index (χ3v) is 4.06. The minimum absolute atomic E-state index is 0.000230. The fourth-order valence-electron chi connectivity index (χ4n) is 1.66. The number of aliphatic hydroxyl groups excluding tert-OH is 6. The lowest BCUT2D eigenvalue weighted by atomic mass is 9.87. The van der Waals surface area contributed by atoms with E-state index in [4.69, 9.17) is 20.4 Å². The van der Waals surface area contributed by atoms with Crippen LogP contribution in [0.15, 0.2) is 0 Å². The molecule has 2 atom stereocenters. The van der Waals surface area contributed by atoms with Gasteiger partial charge in [0.1, 0.15) is 12.2 Å². The molecule has 1 unspecified atom stereocenters. The Morgan fingerprint density at radius 2 is 1.00 bits per heavy atom. The van der Waals surface area contributed by atoms with Crippen molar-refractivity contribution in [3.05, 3.63) is 0 Å². The molecular formula is C18H38N2O8. The number of carbonyl (C=O) groups is 2. The Morgan fingerprint density at radius 1 is 0.714 bits per heavy atom. The molecule has 0 aromatic carbocycles. The number of carbonyl (C=O) groups excluding carboxylic acids is 2. The van der Waals surface area contributed by atoms with E-state index >= 15 is 0 Å². The van der Waals surface area contributed by atoms with Gasteiger partial charge in [0, 0.05) is 37.1 Å². The summed E-state index contributed by atoms with van der Waals surface area (Å²) in [4.78, 5) is 22.5. The first kappa shape index (κ1) is 28.9. The van der Waals surface area contributed by atoms with Crippen LogP contribution in [0.25, 0.3) is 0 Å². The molecule has 0 spiro atoms. The van der Waals surface area contributed by atoms with Crippen LogP contribution in [-0.4, -0.2) is 94.2 Å². The highest BCUT2D eigenvalue weighted by Crippen LogP contribution is 2.20. The van der Waals surface area contributed by atoms with Crippen LogP contribution in [0.4, 0.5) is 0 Å². The Bertz CT molecular complexity index is 403. The Kier molecular flexibility index (Phi) is 15.1. The van der Waals surface area contributed by atoms with Crippen molar-refractivity contribution in [3.63, 3.8) is 0 Å². The average Bonchev–Trinajstić information content (AvgIpc) is 2.67. The zero-order valence-corrected chi connectivity index (χ0v) is 17.3. The molecule has 0 rings (SSSR count). The molecule has 168 valence electrons. The molecule has 0 aromatic rings. The first-order valence-corrected chi connectivity index (χ1v) is 9.26. The number of amides is 2. The Labute approximate surface area is 166 Å². The van der Waals surface area contributed by atoms with Gasteiger partial charge in [0.15, 0.2) is 0 Å². The summed E-state index contributed by atoms with van der Waals surface area (Å²) in [6, 6.07) is 0. The van der Waals surface area contributed by atoms with Gasteiger partial charge in [0.05, 0.1) is 13.2 Å². The van der Waals surface area contributed by atoms with Crippen molar-refractivity contribution in [3.8, 4) is 0 Å². The molecular weight excluding hydrogens is 372 g/mol. The highest BCUT2D eigenvalue weighted by molar-refractivity contribution is 5.81. The van der Waals surface area contributed by atoms with E-state index in [1.54, 1.807) is 27.7 Å². The Hall–Kier alpha value is -1.30.